The van der Waals surface area contributed by atoms with Crippen LogP contribution in [-0.2, 0) is 23.0 Å². The van der Waals surface area contributed by atoms with Crippen LogP contribution in [0.15, 0.2) is 59.1 Å². The van der Waals surface area contributed by atoms with Crippen LogP contribution in [-0.4, -0.2) is 54.8 Å². The van der Waals surface area contributed by atoms with Crippen LogP contribution < -0.4 is 10.2 Å². The molecule has 33 heavy (non-hydrogen) atoms. The second-order valence-corrected chi connectivity index (χ2v) is 11.1. The third-order valence-electron chi connectivity index (χ3n) is 5.44. The second kappa shape index (κ2) is 10.4. The number of piperazine rings is 1. The third kappa shape index (κ3) is 5.58. The fourth-order valence-electron chi connectivity index (χ4n) is 3.64. The average molecular weight is 486 g/mol. The molecule has 0 aliphatic carbocycles. The maximum absolute atomic E-state index is 13.1. The van der Waals surface area contributed by atoms with Crippen molar-refractivity contribution in [3.63, 3.8) is 0 Å². The fraction of sp³-hybridized carbons (Fsp3) is 0.348. The Morgan fingerprint density at radius 1 is 1.03 bits per heavy atom. The van der Waals surface area contributed by atoms with E-state index in [9.17, 15) is 13.2 Å². The number of anilines is 1. The number of aromatic nitrogens is 2. The highest BCUT2D eigenvalue weighted by molar-refractivity contribution is 7.91. The van der Waals surface area contributed by atoms with E-state index < -0.39 is 10.0 Å². The van der Waals surface area contributed by atoms with Crippen LogP contribution in [0.4, 0.5) is 5.95 Å². The van der Waals surface area contributed by atoms with Crippen LogP contribution in [0, 0.1) is 0 Å². The van der Waals surface area contributed by atoms with E-state index in [4.69, 9.17) is 0 Å². The summed E-state index contributed by atoms with van der Waals surface area (Å²) in [6.45, 7) is 4.23. The molecule has 0 spiro atoms. The van der Waals surface area contributed by atoms with Crippen LogP contribution in [0.25, 0.3) is 0 Å². The molecule has 0 atom stereocenters. The summed E-state index contributed by atoms with van der Waals surface area (Å²) in [5, 5.41) is 2.84. The standard InChI is InChI=1S/C23H27N5O3S2/c1-2-6-18-15-25-23(26-16-18)27-11-13-28(14-12-27)33(30,31)21-10-9-20(32-21)17-24-22(29)19-7-4-3-5-8-19/h3-5,7-10,15-16H,2,6,11-14,17H2,1H3,(H,24,29). The number of sulfonamides is 1. The molecule has 3 aromatic rings. The molecule has 0 saturated carbocycles. The summed E-state index contributed by atoms with van der Waals surface area (Å²) in [7, 11) is -3.58. The molecule has 1 aliphatic rings. The lowest BCUT2D eigenvalue weighted by molar-refractivity contribution is 0.0951. The number of nitrogens with one attached hydrogen (secondary N) is 1. The van der Waals surface area contributed by atoms with Gasteiger partial charge in [0.1, 0.15) is 4.21 Å². The first-order chi connectivity index (χ1) is 16.0. The van der Waals surface area contributed by atoms with Gasteiger partial charge in [-0.3, -0.25) is 4.79 Å². The summed E-state index contributed by atoms with van der Waals surface area (Å²) in [6, 6.07) is 12.3. The summed E-state index contributed by atoms with van der Waals surface area (Å²) in [5.74, 6) is 0.453. The van der Waals surface area contributed by atoms with Gasteiger partial charge in [-0.15, -0.1) is 11.3 Å². The molecule has 10 heteroatoms. The molecule has 1 aromatic carbocycles. The number of aryl methyl sites for hydroxylation is 1. The molecular weight excluding hydrogens is 458 g/mol. The largest absolute Gasteiger partial charge is 0.347 e. The van der Waals surface area contributed by atoms with Crippen molar-refractivity contribution in [1.82, 2.24) is 19.6 Å². The molecule has 0 radical (unpaired) electrons. The normalized spacial score (nSPS) is 14.9. The molecule has 1 aliphatic heterocycles. The molecule has 0 bridgehead atoms. The van der Waals surface area contributed by atoms with Gasteiger partial charge in [-0.25, -0.2) is 18.4 Å². The van der Waals surface area contributed by atoms with Crippen LogP contribution in [0.2, 0.25) is 0 Å². The van der Waals surface area contributed by atoms with Gasteiger partial charge in [0.05, 0.1) is 6.54 Å². The van der Waals surface area contributed by atoms with Gasteiger partial charge >= 0.3 is 0 Å². The molecule has 2 aromatic heterocycles. The molecule has 1 N–H and O–H groups in total. The second-order valence-electron chi connectivity index (χ2n) is 7.80. The number of hydrogen-bond donors (Lipinski definition) is 1. The van der Waals surface area contributed by atoms with Gasteiger partial charge in [0.15, 0.2) is 0 Å². The topological polar surface area (TPSA) is 95.5 Å². The Morgan fingerprint density at radius 2 is 1.73 bits per heavy atom. The molecule has 0 unspecified atom stereocenters. The van der Waals surface area contributed by atoms with Crippen molar-refractivity contribution < 1.29 is 13.2 Å². The minimum atomic E-state index is -3.58. The van der Waals surface area contributed by atoms with E-state index in [0.29, 0.717) is 41.9 Å². The smallest absolute Gasteiger partial charge is 0.252 e. The number of carbonyl (C=O) groups is 1. The lowest BCUT2D eigenvalue weighted by Crippen LogP contribution is -2.49. The predicted molar refractivity (Wildman–Crippen MR) is 129 cm³/mol. The Morgan fingerprint density at radius 3 is 2.39 bits per heavy atom. The highest BCUT2D eigenvalue weighted by Gasteiger charge is 2.30. The number of benzene rings is 1. The molecule has 1 amide bonds. The van der Waals surface area contributed by atoms with Gasteiger partial charge in [0, 0.05) is 49.0 Å². The third-order valence-corrected chi connectivity index (χ3v) is 8.89. The first-order valence-electron chi connectivity index (χ1n) is 11.0. The summed E-state index contributed by atoms with van der Waals surface area (Å²) < 4.78 is 28.0. The first-order valence-corrected chi connectivity index (χ1v) is 13.2. The van der Waals surface area contributed by atoms with E-state index in [0.717, 1.165) is 23.3 Å². The SMILES string of the molecule is CCCc1cnc(N2CCN(S(=O)(=O)c3ccc(CNC(=O)c4ccccc4)s3)CC2)nc1. The van der Waals surface area contributed by atoms with Gasteiger partial charge < -0.3 is 10.2 Å². The van der Waals surface area contributed by atoms with E-state index in [1.807, 2.05) is 23.4 Å². The van der Waals surface area contributed by atoms with Crippen LogP contribution in [0.1, 0.15) is 34.1 Å². The zero-order valence-electron chi connectivity index (χ0n) is 18.5. The molecule has 1 fully saturated rings. The first kappa shape index (κ1) is 23.3. The van der Waals surface area contributed by atoms with Crippen LogP contribution in [0.3, 0.4) is 0 Å². The van der Waals surface area contributed by atoms with E-state index >= 15 is 0 Å². The van der Waals surface area contributed by atoms with Crippen molar-refractivity contribution in [1.29, 1.82) is 0 Å². The Hall–Kier alpha value is -2.82. The number of carbonyl (C=O) groups excluding carboxylic acids is 1. The van der Waals surface area contributed by atoms with Gasteiger partial charge in [0.2, 0.25) is 5.95 Å². The molecular formula is C23H27N5O3S2. The Labute approximate surface area is 198 Å². The van der Waals surface area contributed by atoms with E-state index in [1.165, 1.54) is 15.6 Å². The maximum Gasteiger partial charge on any atom is 0.252 e. The van der Waals surface area contributed by atoms with Crippen molar-refractivity contribution in [2.45, 2.75) is 30.5 Å². The lowest BCUT2D eigenvalue weighted by atomic mass is 10.2. The summed E-state index contributed by atoms with van der Waals surface area (Å²) in [6.07, 6.45) is 5.69. The minimum absolute atomic E-state index is 0.186. The maximum atomic E-state index is 13.1. The van der Waals surface area contributed by atoms with Gasteiger partial charge in [-0.05, 0) is 36.2 Å². The Balaban J connectivity index is 1.33. The number of thiophene rings is 1. The fourth-order valence-corrected chi connectivity index (χ4v) is 6.51. The van der Waals surface area contributed by atoms with E-state index in [-0.39, 0.29) is 12.5 Å². The zero-order valence-corrected chi connectivity index (χ0v) is 20.1. The number of nitrogens with zero attached hydrogens (tertiary/aromatic N) is 4. The number of rotatable bonds is 8. The summed E-state index contributed by atoms with van der Waals surface area (Å²) >= 11 is 1.19. The molecule has 174 valence electrons. The average Bonchev–Trinajstić information content (AvgIpc) is 3.34. The minimum Gasteiger partial charge on any atom is -0.347 e. The zero-order chi connectivity index (χ0) is 23.3. The predicted octanol–water partition coefficient (Wildman–Crippen LogP) is 2.93. The Kier molecular flexibility index (Phi) is 7.36. The van der Waals surface area contributed by atoms with Gasteiger partial charge in [0.25, 0.3) is 15.9 Å². The number of amides is 1. The number of hydrogen-bond acceptors (Lipinski definition) is 7. The monoisotopic (exact) mass is 485 g/mol. The quantitative estimate of drug-likeness (QED) is 0.527. The lowest BCUT2D eigenvalue weighted by Gasteiger charge is -2.33. The van der Waals surface area contributed by atoms with E-state index in [1.54, 1.807) is 36.4 Å². The molecule has 4 rings (SSSR count). The van der Waals surface area contributed by atoms with Gasteiger partial charge in [-0.2, -0.15) is 4.31 Å². The summed E-state index contributed by atoms with van der Waals surface area (Å²) in [4.78, 5) is 23.9. The highest BCUT2D eigenvalue weighted by atomic mass is 32.2. The highest BCUT2D eigenvalue weighted by Crippen LogP contribution is 2.26. The van der Waals surface area contributed by atoms with Crippen molar-refractivity contribution >= 4 is 33.2 Å². The van der Waals surface area contributed by atoms with Gasteiger partial charge in [-0.1, -0.05) is 31.5 Å². The van der Waals surface area contributed by atoms with Crippen LogP contribution >= 0.6 is 11.3 Å². The molecule has 8 nitrogen and oxygen atoms in total. The van der Waals surface area contributed by atoms with Crippen molar-refractivity contribution in [2.24, 2.45) is 0 Å². The van der Waals surface area contributed by atoms with Crippen LogP contribution in [0.5, 0.6) is 0 Å². The van der Waals surface area contributed by atoms with Crippen molar-refractivity contribution in [2.75, 3.05) is 31.1 Å². The van der Waals surface area contributed by atoms with Crippen molar-refractivity contribution in [3.8, 4) is 0 Å². The molecule has 3 heterocycles. The summed E-state index contributed by atoms with van der Waals surface area (Å²) in [5.41, 5.74) is 1.68. The Bertz CT molecular complexity index is 1170. The van der Waals surface area contributed by atoms with E-state index in [2.05, 4.69) is 22.2 Å². The molecule has 1 saturated heterocycles. The van der Waals surface area contributed by atoms with Crippen molar-refractivity contribution in [3.05, 3.63) is 70.9 Å².